The molecule has 0 rings (SSSR count). The largest absolute Gasteiger partial charge is 0.496 e. The number of ether oxygens (including phenoxy) is 1. The topological polar surface area (TPSA) is 9.23 Å². The number of nitrogens with zero attached hydrogens (tertiary/aromatic N) is 1. The second-order valence-corrected chi connectivity index (χ2v) is 3.32. The lowest BCUT2D eigenvalue weighted by Crippen LogP contribution is -2.41. The van der Waals surface area contributed by atoms with Crippen LogP contribution in [0.2, 0.25) is 0 Å². The minimum absolute atomic E-state index is 0.811. The Balaban J connectivity index is 3.37. The molecule has 0 aliphatic carbocycles. The summed E-state index contributed by atoms with van der Waals surface area (Å²) in [7, 11) is 4.41. The van der Waals surface area contributed by atoms with Gasteiger partial charge in [0, 0.05) is 0 Å². The average molecular weight is 158 g/mol. The number of hydrogen-bond donors (Lipinski definition) is 0. The van der Waals surface area contributed by atoms with Crippen molar-refractivity contribution in [2.24, 2.45) is 0 Å². The van der Waals surface area contributed by atoms with Crippen LogP contribution in [0.5, 0.6) is 0 Å². The Labute approximate surface area is 70.1 Å². The van der Waals surface area contributed by atoms with Gasteiger partial charge in [0.15, 0.2) is 0 Å². The molecular formula is C9H20NO+. The van der Waals surface area contributed by atoms with Gasteiger partial charge in [0.05, 0.1) is 26.9 Å². The van der Waals surface area contributed by atoms with Gasteiger partial charge in [0.2, 0.25) is 0 Å². The standard InChI is InChI=1S/C9H20NO/c1-5-8-11-9-7-10(3,4)6-2/h5,8H,6-7,9H2,1-4H3/q+1. The second kappa shape index (κ2) is 5.19. The lowest BCUT2D eigenvalue weighted by atomic mass is 10.4. The van der Waals surface area contributed by atoms with Crippen molar-refractivity contribution in [2.45, 2.75) is 13.8 Å². The molecule has 0 radical (unpaired) electrons. The molecule has 0 aromatic heterocycles. The van der Waals surface area contributed by atoms with E-state index in [1.54, 1.807) is 6.26 Å². The third-order valence-electron chi connectivity index (χ3n) is 1.90. The molecule has 0 bridgehead atoms. The summed E-state index contributed by atoms with van der Waals surface area (Å²) in [6.45, 7) is 7.18. The van der Waals surface area contributed by atoms with Gasteiger partial charge in [-0.2, -0.15) is 0 Å². The van der Waals surface area contributed by atoms with E-state index < -0.39 is 0 Å². The predicted octanol–water partition coefficient (Wildman–Crippen LogP) is 1.63. The Morgan fingerprint density at radius 1 is 1.36 bits per heavy atom. The molecule has 66 valence electrons. The van der Waals surface area contributed by atoms with Crippen LogP contribution in [0, 0.1) is 0 Å². The zero-order chi connectivity index (χ0) is 8.74. The van der Waals surface area contributed by atoms with Crippen molar-refractivity contribution in [1.29, 1.82) is 0 Å². The summed E-state index contributed by atoms with van der Waals surface area (Å²) in [6.07, 6.45) is 3.65. The van der Waals surface area contributed by atoms with Crippen molar-refractivity contribution in [3.8, 4) is 0 Å². The molecular weight excluding hydrogens is 138 g/mol. The molecule has 0 saturated heterocycles. The van der Waals surface area contributed by atoms with E-state index in [-0.39, 0.29) is 0 Å². The Bertz CT molecular complexity index is 119. The van der Waals surface area contributed by atoms with Crippen molar-refractivity contribution in [2.75, 3.05) is 33.8 Å². The summed E-state index contributed by atoms with van der Waals surface area (Å²) in [5.41, 5.74) is 0. The van der Waals surface area contributed by atoms with E-state index in [2.05, 4.69) is 21.0 Å². The average Bonchev–Trinajstić information content (AvgIpc) is 1.99. The van der Waals surface area contributed by atoms with Crippen LogP contribution in [0.3, 0.4) is 0 Å². The molecule has 0 atom stereocenters. The highest BCUT2D eigenvalue weighted by Crippen LogP contribution is 1.94. The summed E-state index contributed by atoms with van der Waals surface area (Å²) in [6, 6.07) is 0. The normalized spacial score (nSPS) is 12.4. The van der Waals surface area contributed by atoms with Crippen molar-refractivity contribution in [1.82, 2.24) is 0 Å². The molecule has 0 N–H and O–H groups in total. The highest BCUT2D eigenvalue weighted by atomic mass is 16.5. The number of hydrogen-bond acceptors (Lipinski definition) is 1. The zero-order valence-corrected chi connectivity index (χ0v) is 8.13. The van der Waals surface area contributed by atoms with Gasteiger partial charge in [-0.15, -0.1) is 0 Å². The third-order valence-corrected chi connectivity index (χ3v) is 1.90. The second-order valence-electron chi connectivity index (χ2n) is 3.32. The summed E-state index contributed by atoms with van der Waals surface area (Å²) < 4.78 is 6.25. The van der Waals surface area contributed by atoms with Gasteiger partial charge >= 0.3 is 0 Å². The van der Waals surface area contributed by atoms with Gasteiger partial charge < -0.3 is 9.22 Å². The van der Waals surface area contributed by atoms with E-state index in [9.17, 15) is 0 Å². The smallest absolute Gasteiger partial charge is 0.136 e. The van der Waals surface area contributed by atoms with Gasteiger partial charge in [-0.1, -0.05) is 6.08 Å². The monoisotopic (exact) mass is 158 g/mol. The molecule has 11 heavy (non-hydrogen) atoms. The molecule has 0 aromatic carbocycles. The Morgan fingerprint density at radius 3 is 2.45 bits per heavy atom. The van der Waals surface area contributed by atoms with Crippen molar-refractivity contribution < 1.29 is 9.22 Å². The first kappa shape index (κ1) is 10.5. The van der Waals surface area contributed by atoms with Crippen LogP contribution in [0.15, 0.2) is 12.3 Å². The van der Waals surface area contributed by atoms with Crippen LogP contribution in [-0.2, 0) is 4.74 Å². The molecule has 2 heteroatoms. The quantitative estimate of drug-likeness (QED) is 0.336. The highest BCUT2D eigenvalue weighted by Gasteiger charge is 2.09. The maximum atomic E-state index is 5.22. The Kier molecular flexibility index (Phi) is 4.95. The molecule has 2 nitrogen and oxygen atoms in total. The number of rotatable bonds is 5. The van der Waals surface area contributed by atoms with Crippen molar-refractivity contribution in [3.05, 3.63) is 12.3 Å². The Hall–Kier alpha value is -0.500. The highest BCUT2D eigenvalue weighted by molar-refractivity contribution is 4.64. The molecule has 0 heterocycles. The maximum absolute atomic E-state index is 5.22. The summed E-state index contributed by atoms with van der Waals surface area (Å²) >= 11 is 0. The van der Waals surface area contributed by atoms with Crippen LogP contribution >= 0.6 is 0 Å². The lowest BCUT2D eigenvalue weighted by Gasteiger charge is -2.27. The molecule has 0 aliphatic rings. The minimum atomic E-state index is 0.811. The third kappa shape index (κ3) is 5.92. The molecule has 0 fully saturated rings. The summed E-state index contributed by atoms with van der Waals surface area (Å²) in [5, 5.41) is 0. The molecule has 0 saturated carbocycles. The fourth-order valence-corrected chi connectivity index (χ4v) is 0.622. The van der Waals surface area contributed by atoms with Gasteiger partial charge in [0.25, 0.3) is 0 Å². The number of likely N-dealkylation sites (N-methyl/N-ethyl adjacent to an activating group) is 1. The van der Waals surface area contributed by atoms with Crippen molar-refractivity contribution in [3.63, 3.8) is 0 Å². The lowest BCUT2D eigenvalue weighted by molar-refractivity contribution is -0.888. The van der Waals surface area contributed by atoms with Gasteiger partial charge in [-0.05, 0) is 13.8 Å². The molecule has 0 amide bonds. The molecule has 0 unspecified atom stereocenters. The molecule has 0 aliphatic heterocycles. The van der Waals surface area contributed by atoms with Gasteiger partial charge in [-0.25, -0.2) is 0 Å². The Morgan fingerprint density at radius 2 is 2.00 bits per heavy atom. The van der Waals surface area contributed by atoms with Crippen LogP contribution in [0.1, 0.15) is 13.8 Å². The van der Waals surface area contributed by atoms with Crippen LogP contribution in [-0.4, -0.2) is 38.3 Å². The van der Waals surface area contributed by atoms with E-state index in [1.165, 1.54) is 0 Å². The summed E-state index contributed by atoms with van der Waals surface area (Å²) in [4.78, 5) is 0. The van der Waals surface area contributed by atoms with Crippen LogP contribution < -0.4 is 0 Å². The van der Waals surface area contributed by atoms with Gasteiger partial charge in [-0.3, -0.25) is 0 Å². The molecule has 0 aromatic rings. The maximum Gasteiger partial charge on any atom is 0.136 e. The zero-order valence-electron chi connectivity index (χ0n) is 8.13. The van der Waals surface area contributed by atoms with E-state index in [0.29, 0.717) is 0 Å². The van der Waals surface area contributed by atoms with E-state index in [1.807, 2.05) is 13.0 Å². The first-order chi connectivity index (χ1) is 5.12. The minimum Gasteiger partial charge on any atom is -0.496 e. The fourth-order valence-electron chi connectivity index (χ4n) is 0.622. The van der Waals surface area contributed by atoms with Gasteiger partial charge in [0.1, 0.15) is 13.2 Å². The SMILES string of the molecule is CC=COCC[N+](C)(C)CC. The first-order valence-electron chi connectivity index (χ1n) is 4.17. The fraction of sp³-hybridized carbons (Fsp3) is 0.778. The molecule has 0 spiro atoms. The van der Waals surface area contributed by atoms with E-state index in [0.717, 1.165) is 24.2 Å². The van der Waals surface area contributed by atoms with E-state index in [4.69, 9.17) is 4.74 Å². The first-order valence-corrected chi connectivity index (χ1v) is 4.17. The van der Waals surface area contributed by atoms with E-state index >= 15 is 0 Å². The predicted molar refractivity (Wildman–Crippen MR) is 48.3 cm³/mol. The number of quaternary nitrogens is 1. The van der Waals surface area contributed by atoms with Crippen LogP contribution in [0.25, 0.3) is 0 Å². The van der Waals surface area contributed by atoms with Crippen LogP contribution in [0.4, 0.5) is 0 Å². The summed E-state index contributed by atoms with van der Waals surface area (Å²) in [5.74, 6) is 0. The van der Waals surface area contributed by atoms with Crippen molar-refractivity contribution >= 4 is 0 Å². The number of allylic oxidation sites excluding steroid dienone is 1.